The van der Waals surface area contributed by atoms with Gasteiger partial charge in [0.2, 0.25) is 0 Å². The number of ether oxygens (including phenoxy) is 1. The summed E-state index contributed by atoms with van der Waals surface area (Å²) < 4.78 is 20.2. The van der Waals surface area contributed by atoms with E-state index in [1.807, 2.05) is 29.7 Å². The molecule has 1 aliphatic heterocycles. The van der Waals surface area contributed by atoms with Gasteiger partial charge in [0.05, 0.1) is 17.9 Å². The number of thiophene rings is 1. The van der Waals surface area contributed by atoms with Gasteiger partial charge in [-0.05, 0) is 36.1 Å². The van der Waals surface area contributed by atoms with Crippen LogP contribution in [0.4, 0.5) is 9.52 Å². The number of hydrogen-bond acceptors (Lipinski definition) is 6. The Hall–Kier alpha value is -1.84. The largest absolute Gasteiger partial charge is 0.379 e. The molecule has 1 aromatic carbocycles. The molecule has 9 heteroatoms. The third kappa shape index (κ3) is 5.65. The van der Waals surface area contributed by atoms with Crippen LogP contribution in [0.5, 0.6) is 0 Å². The smallest absolute Gasteiger partial charge is 0.252 e. The molecule has 3 heterocycles. The Kier molecular flexibility index (Phi) is 8.35. The van der Waals surface area contributed by atoms with Crippen LogP contribution in [-0.4, -0.2) is 55.2 Å². The van der Waals surface area contributed by atoms with Crippen LogP contribution in [0.25, 0.3) is 16.3 Å². The van der Waals surface area contributed by atoms with E-state index in [1.54, 1.807) is 28.4 Å². The van der Waals surface area contributed by atoms with E-state index in [9.17, 15) is 9.18 Å². The van der Waals surface area contributed by atoms with E-state index < -0.39 is 0 Å². The fourth-order valence-electron chi connectivity index (χ4n) is 3.23. The van der Waals surface area contributed by atoms with Gasteiger partial charge in [-0.15, -0.1) is 23.7 Å². The number of carbonyl (C=O) groups is 1. The molecule has 0 radical (unpaired) electrons. The van der Waals surface area contributed by atoms with Crippen molar-refractivity contribution in [2.24, 2.45) is 0 Å². The van der Waals surface area contributed by atoms with E-state index in [1.165, 1.54) is 17.4 Å². The van der Waals surface area contributed by atoms with E-state index in [-0.39, 0.29) is 24.1 Å². The number of para-hydroxylation sites is 1. The molecule has 1 saturated heterocycles. The number of nitrogens with zero attached hydrogens (tertiary/aromatic N) is 3. The van der Waals surface area contributed by atoms with Crippen molar-refractivity contribution in [3.63, 3.8) is 0 Å². The van der Waals surface area contributed by atoms with Crippen LogP contribution < -0.4 is 4.90 Å². The molecular weight excluding hydrogens is 445 g/mol. The maximum absolute atomic E-state index is 14.1. The van der Waals surface area contributed by atoms with Crippen molar-refractivity contribution < 1.29 is 13.9 Å². The molecule has 3 aromatic rings. The Morgan fingerprint density at radius 3 is 2.83 bits per heavy atom. The number of anilines is 1. The normalized spacial score (nSPS) is 14.8. The lowest BCUT2D eigenvalue weighted by atomic mass is 10.3. The van der Waals surface area contributed by atoms with Crippen LogP contribution in [0.15, 0.2) is 41.8 Å². The van der Waals surface area contributed by atoms with Gasteiger partial charge in [-0.2, -0.15) is 0 Å². The second-order valence-corrected chi connectivity index (χ2v) is 8.72. The summed E-state index contributed by atoms with van der Waals surface area (Å²) in [5.74, 6) is -0.500. The number of rotatable bonds is 7. The average molecular weight is 468 g/mol. The molecule has 5 nitrogen and oxygen atoms in total. The van der Waals surface area contributed by atoms with Crippen LogP contribution in [0.1, 0.15) is 11.3 Å². The molecule has 0 atom stereocenters. The zero-order chi connectivity index (χ0) is 20.1. The molecule has 30 heavy (non-hydrogen) atoms. The quantitative estimate of drug-likeness (QED) is 0.473. The van der Waals surface area contributed by atoms with E-state index in [0.29, 0.717) is 17.2 Å². The molecule has 0 aliphatic carbocycles. The number of morpholine rings is 1. The van der Waals surface area contributed by atoms with Crippen LogP contribution >= 0.6 is 35.1 Å². The highest BCUT2D eigenvalue weighted by molar-refractivity contribution is 7.22. The van der Waals surface area contributed by atoms with Crippen LogP contribution in [0.2, 0.25) is 0 Å². The molecule has 0 unspecified atom stereocenters. The molecule has 0 bridgehead atoms. The highest BCUT2D eigenvalue weighted by atomic mass is 35.5. The van der Waals surface area contributed by atoms with Crippen molar-refractivity contribution in [3.05, 3.63) is 52.5 Å². The molecule has 4 rings (SSSR count). The second-order valence-electron chi connectivity index (χ2n) is 6.73. The first-order valence-corrected chi connectivity index (χ1v) is 11.3. The Labute approximate surface area is 189 Å². The van der Waals surface area contributed by atoms with Gasteiger partial charge in [0.1, 0.15) is 11.3 Å². The Morgan fingerprint density at radius 2 is 2.10 bits per heavy atom. The maximum atomic E-state index is 14.1. The van der Waals surface area contributed by atoms with Gasteiger partial charge in [-0.25, -0.2) is 9.37 Å². The average Bonchev–Trinajstić information content (AvgIpc) is 3.41. The summed E-state index contributed by atoms with van der Waals surface area (Å²) in [4.78, 5) is 22.4. The third-order valence-corrected chi connectivity index (χ3v) is 6.63. The lowest BCUT2D eigenvalue weighted by Gasteiger charge is -2.27. The van der Waals surface area contributed by atoms with Gasteiger partial charge in [-0.1, -0.05) is 23.5 Å². The first kappa shape index (κ1) is 22.8. The predicted molar refractivity (Wildman–Crippen MR) is 124 cm³/mol. The zero-order valence-electron chi connectivity index (χ0n) is 16.3. The Balaban J connectivity index is 0.00000256. The molecule has 160 valence electrons. The van der Waals surface area contributed by atoms with Gasteiger partial charge in [0, 0.05) is 37.1 Å². The lowest BCUT2D eigenvalue weighted by molar-refractivity contribution is -0.114. The summed E-state index contributed by atoms with van der Waals surface area (Å²) in [6.45, 7) is 4.76. The topological polar surface area (TPSA) is 45.7 Å². The fourth-order valence-corrected chi connectivity index (χ4v) is 4.85. The van der Waals surface area contributed by atoms with Gasteiger partial charge in [0.25, 0.3) is 5.91 Å². The van der Waals surface area contributed by atoms with Gasteiger partial charge < -0.3 is 4.74 Å². The first-order chi connectivity index (χ1) is 14.2. The Morgan fingerprint density at radius 1 is 1.27 bits per heavy atom. The molecule has 0 spiro atoms. The van der Waals surface area contributed by atoms with E-state index in [2.05, 4.69) is 9.88 Å². The number of fused-ring (bicyclic) bond motifs is 1. The number of amides is 1. The number of benzene rings is 1. The predicted octanol–water partition coefficient (Wildman–Crippen LogP) is 4.69. The minimum atomic E-state index is -0.361. The molecule has 2 aromatic heterocycles. The van der Waals surface area contributed by atoms with Crippen molar-refractivity contribution in [3.8, 4) is 0 Å². The van der Waals surface area contributed by atoms with Crippen LogP contribution in [0, 0.1) is 5.82 Å². The standard InChI is InChI=1S/C21H22FN3O2S2.ClH/c22-17-5-1-6-18-20(17)23-21(29-18)25(10-3-9-24-11-13-27-14-12-24)19(26)8-7-16-4-2-15-28-16;/h1-2,4-8,15H,3,9-14H2;1H/b8-7+;. The molecular formula is C21H23ClFN3O2S2. The van der Waals surface area contributed by atoms with Crippen molar-refractivity contribution in [2.45, 2.75) is 6.42 Å². The number of carbonyl (C=O) groups excluding carboxylic acids is 1. The zero-order valence-corrected chi connectivity index (χ0v) is 18.8. The summed E-state index contributed by atoms with van der Waals surface area (Å²) in [7, 11) is 0. The van der Waals surface area contributed by atoms with E-state index in [0.717, 1.165) is 48.8 Å². The SMILES string of the molecule is Cl.O=C(/C=C/c1cccs1)N(CCCN1CCOCC1)c1nc2c(F)cccc2s1. The monoisotopic (exact) mass is 467 g/mol. The van der Waals surface area contributed by atoms with Crippen molar-refractivity contribution in [1.82, 2.24) is 9.88 Å². The minimum absolute atomic E-state index is 0. The molecule has 0 saturated carbocycles. The van der Waals surface area contributed by atoms with E-state index in [4.69, 9.17) is 4.74 Å². The number of thiazole rings is 1. The lowest BCUT2D eigenvalue weighted by Crippen LogP contribution is -2.39. The Bertz CT molecular complexity index is 987. The third-order valence-electron chi connectivity index (χ3n) is 4.75. The fraction of sp³-hybridized carbons (Fsp3) is 0.333. The van der Waals surface area contributed by atoms with Crippen molar-refractivity contribution in [1.29, 1.82) is 0 Å². The summed E-state index contributed by atoms with van der Waals surface area (Å²) in [6, 6.07) is 8.81. The summed E-state index contributed by atoms with van der Waals surface area (Å²) >= 11 is 2.92. The van der Waals surface area contributed by atoms with Gasteiger partial charge >= 0.3 is 0 Å². The number of halogens is 2. The van der Waals surface area contributed by atoms with Crippen molar-refractivity contribution >= 4 is 62.4 Å². The highest BCUT2D eigenvalue weighted by Crippen LogP contribution is 2.30. The van der Waals surface area contributed by atoms with Gasteiger partial charge in [-0.3, -0.25) is 14.6 Å². The molecule has 1 aliphatic rings. The van der Waals surface area contributed by atoms with Crippen LogP contribution in [-0.2, 0) is 9.53 Å². The summed E-state index contributed by atoms with van der Waals surface area (Å²) in [5.41, 5.74) is 0.320. The summed E-state index contributed by atoms with van der Waals surface area (Å²) in [6.07, 6.45) is 4.20. The van der Waals surface area contributed by atoms with Crippen LogP contribution in [0.3, 0.4) is 0 Å². The minimum Gasteiger partial charge on any atom is -0.379 e. The number of hydrogen-bond donors (Lipinski definition) is 0. The maximum Gasteiger partial charge on any atom is 0.252 e. The van der Waals surface area contributed by atoms with Gasteiger partial charge in [0.15, 0.2) is 5.13 Å². The van der Waals surface area contributed by atoms with Crippen molar-refractivity contribution in [2.75, 3.05) is 44.3 Å². The van der Waals surface area contributed by atoms with E-state index >= 15 is 0 Å². The molecule has 0 N–H and O–H groups in total. The molecule has 1 amide bonds. The second kappa shape index (κ2) is 11.0. The highest BCUT2D eigenvalue weighted by Gasteiger charge is 2.20. The summed E-state index contributed by atoms with van der Waals surface area (Å²) in [5, 5.41) is 2.51. The number of aromatic nitrogens is 1. The molecule has 1 fully saturated rings. The first-order valence-electron chi connectivity index (χ1n) is 9.59.